The van der Waals surface area contributed by atoms with E-state index in [1.807, 2.05) is 0 Å². The van der Waals surface area contributed by atoms with Crippen molar-refractivity contribution in [1.29, 1.82) is 5.26 Å². The van der Waals surface area contributed by atoms with Crippen LogP contribution in [-0.2, 0) is 21.1 Å². The van der Waals surface area contributed by atoms with Crippen LogP contribution in [0.2, 0.25) is 0 Å². The van der Waals surface area contributed by atoms with Gasteiger partial charge in [0.1, 0.15) is 17.3 Å². The number of hydrogen-bond acceptors (Lipinski definition) is 4. The molecule has 3 fully saturated rings. The van der Waals surface area contributed by atoms with E-state index in [-0.39, 0.29) is 33.9 Å². The second-order valence-corrected chi connectivity index (χ2v) is 9.40. The van der Waals surface area contributed by atoms with Crippen molar-refractivity contribution in [1.82, 2.24) is 4.90 Å². The van der Waals surface area contributed by atoms with Gasteiger partial charge < -0.3 is 20.5 Å². The van der Waals surface area contributed by atoms with Gasteiger partial charge >= 0.3 is 6.61 Å². The Morgan fingerprint density at radius 2 is 1.76 bits per heavy atom. The molecule has 0 atom stereocenters. The molecule has 1 aliphatic heterocycles. The first-order valence-corrected chi connectivity index (χ1v) is 10.6. The van der Waals surface area contributed by atoms with E-state index in [4.69, 9.17) is 10.8 Å². The quantitative estimate of drug-likeness (QED) is 0.424. The first kappa shape index (κ1) is 27.8. The predicted octanol–water partition coefficient (Wildman–Crippen LogP) is 5.60. The summed E-state index contributed by atoms with van der Waals surface area (Å²) in [6.45, 7) is 0.171. The van der Waals surface area contributed by atoms with E-state index in [0.29, 0.717) is 37.3 Å². The average Bonchev–Trinajstić information content (AvgIpc) is 2.63. The van der Waals surface area contributed by atoms with Crippen LogP contribution in [0.25, 0.3) is 5.73 Å². The summed E-state index contributed by atoms with van der Waals surface area (Å²) in [5.74, 6) is -3.68. The molecule has 1 spiro atoms. The number of aromatic hydroxyl groups is 1. The summed E-state index contributed by atoms with van der Waals surface area (Å²) in [5.41, 5.74) is 7.21. The van der Waals surface area contributed by atoms with E-state index < -0.39 is 35.3 Å². The standard InChI is InChI=1S/C15H22F2N3.C7H5F3O2.W/c16-15(17)3-1-13(8-19,2-4-15)9-20-10-14(11-20)5-12(6-14)7-18;8-4-1-5(11)3-6(2-4)12-7(9)10;/h12,18H,1-7,9-11H2;1-3,7,11H;/q-1;;. The summed E-state index contributed by atoms with van der Waals surface area (Å²) >= 11 is 0. The summed E-state index contributed by atoms with van der Waals surface area (Å²) in [7, 11) is 0. The minimum atomic E-state index is -3.02. The molecule has 2 aliphatic carbocycles. The maximum Gasteiger partial charge on any atom is 0.387 e. The molecule has 3 aliphatic rings. The molecule has 2 N–H and O–H groups in total. The number of hydrogen-bond donors (Lipinski definition) is 1. The number of phenols is 1. The molecular weight excluding hydrogens is 617 g/mol. The molecule has 4 rings (SSSR count). The van der Waals surface area contributed by atoms with Gasteiger partial charge in [-0.05, 0) is 31.1 Å². The summed E-state index contributed by atoms with van der Waals surface area (Å²) in [6.07, 6.45) is 2.67. The van der Waals surface area contributed by atoms with Crippen molar-refractivity contribution >= 4 is 0 Å². The number of phenolic OH excluding ortho intramolecular Hbond substituents is 1. The van der Waals surface area contributed by atoms with E-state index in [1.54, 1.807) is 0 Å². The molecule has 5 nitrogen and oxygen atoms in total. The predicted molar refractivity (Wildman–Crippen MR) is 107 cm³/mol. The Balaban J connectivity index is 0.000000257. The maximum absolute atomic E-state index is 13.2. The van der Waals surface area contributed by atoms with Crippen LogP contribution < -0.4 is 4.74 Å². The molecule has 1 aromatic carbocycles. The SMILES string of the molecule is N#CC1(CN2CC3(CC(C[NH-])C3)C2)CCC(F)(F)CC1.Oc1cc(F)cc(OC(F)F)c1.[W]. The van der Waals surface area contributed by atoms with Crippen LogP contribution in [0.15, 0.2) is 18.2 Å². The average molecular weight is 644 g/mol. The van der Waals surface area contributed by atoms with Crippen molar-refractivity contribution in [2.24, 2.45) is 16.7 Å². The Labute approximate surface area is 204 Å². The van der Waals surface area contributed by atoms with Gasteiger partial charge in [0.15, 0.2) is 0 Å². The first-order chi connectivity index (χ1) is 15.0. The Hall–Kier alpha value is -1.43. The summed E-state index contributed by atoms with van der Waals surface area (Å²) in [5, 5.41) is 18.2. The van der Waals surface area contributed by atoms with E-state index in [2.05, 4.69) is 15.7 Å². The van der Waals surface area contributed by atoms with Crippen LogP contribution in [0.3, 0.4) is 0 Å². The van der Waals surface area contributed by atoms with Gasteiger partial charge in [-0.2, -0.15) is 14.0 Å². The zero-order chi connectivity index (χ0) is 23.6. The van der Waals surface area contributed by atoms with Crippen LogP contribution in [0.1, 0.15) is 38.5 Å². The molecular formula is C22H27F5N3O2W-. The van der Waals surface area contributed by atoms with E-state index in [1.165, 1.54) is 0 Å². The molecule has 2 saturated carbocycles. The number of nitrogens with zero attached hydrogens (tertiary/aromatic N) is 2. The molecule has 0 bridgehead atoms. The Kier molecular flexibility index (Phi) is 9.17. The van der Waals surface area contributed by atoms with Gasteiger partial charge in [-0.1, -0.05) is 5.92 Å². The second kappa shape index (κ2) is 10.9. The molecule has 1 saturated heterocycles. The number of nitrogens with one attached hydrogen (secondary N) is 1. The molecule has 0 unspecified atom stereocenters. The third kappa shape index (κ3) is 7.27. The number of alkyl halides is 4. The van der Waals surface area contributed by atoms with Gasteiger partial charge in [-0.15, -0.1) is 6.54 Å². The topological polar surface area (TPSA) is 80.3 Å². The fourth-order valence-corrected chi connectivity index (χ4v) is 5.13. The van der Waals surface area contributed by atoms with Crippen LogP contribution in [0.5, 0.6) is 11.5 Å². The molecule has 1 aromatic rings. The van der Waals surface area contributed by atoms with Gasteiger partial charge in [-0.25, -0.2) is 13.2 Å². The van der Waals surface area contributed by atoms with Crippen molar-refractivity contribution in [3.63, 3.8) is 0 Å². The van der Waals surface area contributed by atoms with Crippen molar-refractivity contribution in [2.75, 3.05) is 26.2 Å². The largest absolute Gasteiger partial charge is 0.677 e. The minimum absolute atomic E-state index is 0. The Morgan fingerprint density at radius 3 is 2.24 bits per heavy atom. The van der Waals surface area contributed by atoms with E-state index in [9.17, 15) is 27.2 Å². The Bertz CT molecular complexity index is 808. The molecule has 33 heavy (non-hydrogen) atoms. The van der Waals surface area contributed by atoms with Crippen molar-refractivity contribution in [2.45, 2.75) is 51.1 Å². The number of rotatable bonds is 5. The third-order valence-electron chi connectivity index (χ3n) is 6.63. The molecule has 1 heterocycles. The van der Waals surface area contributed by atoms with Crippen LogP contribution in [-0.4, -0.2) is 48.7 Å². The van der Waals surface area contributed by atoms with E-state index >= 15 is 0 Å². The number of benzene rings is 1. The molecule has 0 radical (unpaired) electrons. The zero-order valence-electron chi connectivity index (χ0n) is 18.0. The number of halogens is 5. The van der Waals surface area contributed by atoms with Gasteiger partial charge in [0, 0.05) is 71.7 Å². The van der Waals surface area contributed by atoms with Gasteiger partial charge in [0.2, 0.25) is 5.92 Å². The first-order valence-electron chi connectivity index (χ1n) is 10.6. The number of ether oxygens (including phenoxy) is 1. The van der Waals surface area contributed by atoms with Crippen LogP contribution in [0, 0.1) is 33.9 Å². The minimum Gasteiger partial charge on any atom is -0.677 e. The number of nitriles is 1. The van der Waals surface area contributed by atoms with Gasteiger partial charge in [-0.3, -0.25) is 0 Å². The van der Waals surface area contributed by atoms with Crippen molar-refractivity contribution in [3.05, 3.63) is 29.7 Å². The number of likely N-dealkylation sites (tertiary alicyclic amines) is 1. The monoisotopic (exact) mass is 644 g/mol. The van der Waals surface area contributed by atoms with Crippen LogP contribution in [0.4, 0.5) is 22.0 Å². The maximum atomic E-state index is 13.2. The van der Waals surface area contributed by atoms with Crippen LogP contribution >= 0.6 is 0 Å². The van der Waals surface area contributed by atoms with Gasteiger partial charge in [0.05, 0.1) is 11.5 Å². The normalized spacial score (nSPS) is 22.7. The fourth-order valence-electron chi connectivity index (χ4n) is 5.13. The molecule has 11 heteroatoms. The summed E-state index contributed by atoms with van der Waals surface area (Å²) in [4.78, 5) is 2.27. The molecule has 0 amide bonds. The molecule has 0 aromatic heterocycles. The second-order valence-electron chi connectivity index (χ2n) is 9.40. The fraction of sp³-hybridized carbons (Fsp3) is 0.682. The molecule has 184 valence electrons. The van der Waals surface area contributed by atoms with Crippen molar-refractivity contribution < 1.29 is 52.9 Å². The smallest absolute Gasteiger partial charge is 0.387 e. The summed E-state index contributed by atoms with van der Waals surface area (Å²) < 4.78 is 65.8. The third-order valence-corrected chi connectivity index (χ3v) is 6.63. The Morgan fingerprint density at radius 1 is 1.15 bits per heavy atom. The van der Waals surface area contributed by atoms with Gasteiger partial charge in [0.25, 0.3) is 0 Å². The zero-order valence-corrected chi connectivity index (χ0v) is 20.9. The van der Waals surface area contributed by atoms with Crippen molar-refractivity contribution in [3.8, 4) is 17.6 Å². The van der Waals surface area contributed by atoms with E-state index in [0.717, 1.165) is 44.1 Å². The summed E-state index contributed by atoms with van der Waals surface area (Å²) in [6, 6.07) is 4.78.